The highest BCUT2D eigenvalue weighted by Gasteiger charge is 2.15. The Bertz CT molecular complexity index is 713. The number of nitrogens with zero attached hydrogens (tertiary/aromatic N) is 1. The molecular weight excluding hydrogens is 289 g/mol. The summed E-state index contributed by atoms with van der Waals surface area (Å²) in [7, 11) is 0. The van der Waals surface area contributed by atoms with Gasteiger partial charge in [-0.3, -0.25) is 10.1 Å². The number of allylic oxidation sites excluding steroid dienone is 2. The largest absolute Gasteiger partial charge is 0.283 e. The maximum absolute atomic E-state index is 13.9. The van der Waals surface area contributed by atoms with Gasteiger partial charge in [0.15, 0.2) is 0 Å². The van der Waals surface area contributed by atoms with Crippen LogP contribution >= 0.6 is 11.8 Å². The van der Waals surface area contributed by atoms with Crippen molar-refractivity contribution >= 4 is 23.5 Å². The number of benzene rings is 2. The van der Waals surface area contributed by atoms with Crippen molar-refractivity contribution in [1.29, 1.82) is 0 Å². The summed E-state index contributed by atoms with van der Waals surface area (Å²) >= 11 is 1.04. The zero-order valence-electron chi connectivity index (χ0n) is 11.0. The second-order valence-electron chi connectivity index (χ2n) is 4.11. The molecule has 106 valence electrons. The van der Waals surface area contributed by atoms with Gasteiger partial charge in [0.25, 0.3) is 5.69 Å². The maximum Gasteiger partial charge on any atom is 0.283 e. The van der Waals surface area contributed by atoms with Gasteiger partial charge in [-0.1, -0.05) is 54.8 Å². The molecule has 0 heterocycles. The second-order valence-corrected chi connectivity index (χ2v) is 5.20. The molecule has 3 nitrogen and oxygen atoms in total. The van der Waals surface area contributed by atoms with Gasteiger partial charge >= 0.3 is 0 Å². The first-order valence-corrected chi connectivity index (χ1v) is 6.93. The van der Waals surface area contributed by atoms with Gasteiger partial charge in [-0.05, 0) is 23.8 Å². The van der Waals surface area contributed by atoms with Crippen LogP contribution in [0.25, 0.3) is 6.08 Å². The van der Waals surface area contributed by atoms with Crippen LogP contribution in [0.4, 0.5) is 10.1 Å². The zero-order chi connectivity index (χ0) is 15.2. The minimum Gasteiger partial charge on any atom is -0.258 e. The smallest absolute Gasteiger partial charge is 0.258 e. The average molecular weight is 301 g/mol. The number of halogens is 1. The molecule has 0 aliphatic rings. The van der Waals surface area contributed by atoms with Crippen LogP contribution in [0.1, 0.15) is 5.56 Å². The maximum atomic E-state index is 13.9. The third-order valence-corrected chi connectivity index (χ3v) is 3.76. The van der Waals surface area contributed by atoms with Crippen molar-refractivity contribution in [2.75, 3.05) is 0 Å². The average Bonchev–Trinajstić information content (AvgIpc) is 2.48. The molecule has 0 saturated heterocycles. The van der Waals surface area contributed by atoms with Crippen molar-refractivity contribution in [2.45, 2.75) is 9.79 Å². The Morgan fingerprint density at radius 2 is 1.95 bits per heavy atom. The van der Waals surface area contributed by atoms with Crippen LogP contribution in [0.2, 0.25) is 0 Å². The lowest BCUT2D eigenvalue weighted by atomic mass is 10.2. The molecule has 0 atom stereocenters. The van der Waals surface area contributed by atoms with E-state index in [0.717, 1.165) is 17.3 Å². The first-order valence-electron chi connectivity index (χ1n) is 6.11. The SMILES string of the molecule is C=C/C=C\c1ccc(F)c(Sc2ccccc2[N+](=O)[O-])c1. The summed E-state index contributed by atoms with van der Waals surface area (Å²) in [4.78, 5) is 11.3. The van der Waals surface area contributed by atoms with Crippen LogP contribution in [-0.4, -0.2) is 4.92 Å². The van der Waals surface area contributed by atoms with Gasteiger partial charge in [0.05, 0.1) is 9.82 Å². The van der Waals surface area contributed by atoms with E-state index in [0.29, 0.717) is 9.79 Å². The molecule has 0 bridgehead atoms. The van der Waals surface area contributed by atoms with Crippen molar-refractivity contribution in [2.24, 2.45) is 0 Å². The molecule has 0 amide bonds. The Hall–Kier alpha value is -2.40. The summed E-state index contributed by atoms with van der Waals surface area (Å²) in [5.74, 6) is -0.408. The number of nitro benzene ring substituents is 1. The third-order valence-electron chi connectivity index (χ3n) is 2.66. The van der Waals surface area contributed by atoms with E-state index in [9.17, 15) is 14.5 Å². The van der Waals surface area contributed by atoms with Gasteiger partial charge in [-0.15, -0.1) is 0 Å². The van der Waals surface area contributed by atoms with E-state index in [4.69, 9.17) is 0 Å². The molecular formula is C16H12FNO2S. The topological polar surface area (TPSA) is 43.1 Å². The summed E-state index contributed by atoms with van der Waals surface area (Å²) in [6, 6.07) is 10.9. The van der Waals surface area contributed by atoms with Gasteiger partial charge < -0.3 is 0 Å². The molecule has 0 unspecified atom stereocenters. The Balaban J connectivity index is 2.37. The summed E-state index contributed by atoms with van der Waals surface area (Å²) in [6.07, 6.45) is 5.15. The van der Waals surface area contributed by atoms with Crippen LogP contribution < -0.4 is 0 Å². The van der Waals surface area contributed by atoms with Crippen LogP contribution in [0, 0.1) is 15.9 Å². The highest BCUT2D eigenvalue weighted by molar-refractivity contribution is 7.99. The summed E-state index contributed by atoms with van der Waals surface area (Å²) < 4.78 is 13.9. The molecule has 0 aliphatic carbocycles. The summed E-state index contributed by atoms with van der Waals surface area (Å²) in [5.41, 5.74) is 0.770. The molecule has 0 radical (unpaired) electrons. The summed E-state index contributed by atoms with van der Waals surface area (Å²) in [5, 5.41) is 11.0. The molecule has 0 aliphatic heterocycles. The molecule has 2 aromatic rings. The van der Waals surface area contributed by atoms with Gasteiger partial charge in [-0.25, -0.2) is 4.39 Å². The van der Waals surface area contributed by atoms with Crippen LogP contribution in [0.3, 0.4) is 0 Å². The fourth-order valence-corrected chi connectivity index (χ4v) is 2.68. The number of hydrogen-bond donors (Lipinski definition) is 0. The predicted octanol–water partition coefficient (Wildman–Crippen LogP) is 5.08. The van der Waals surface area contributed by atoms with Crippen LogP contribution in [0.5, 0.6) is 0 Å². The quantitative estimate of drug-likeness (QED) is 0.439. The van der Waals surface area contributed by atoms with E-state index >= 15 is 0 Å². The zero-order valence-corrected chi connectivity index (χ0v) is 11.8. The minimum absolute atomic E-state index is 0.0334. The molecule has 0 aromatic heterocycles. The standard InChI is InChI=1S/C16H12FNO2S/c1-2-3-6-12-9-10-13(17)16(11-12)21-15-8-5-4-7-14(15)18(19)20/h2-11H,1H2/b6-3-. The van der Waals surface area contributed by atoms with Gasteiger partial charge in [0.1, 0.15) is 5.82 Å². The van der Waals surface area contributed by atoms with Gasteiger partial charge in [0, 0.05) is 11.0 Å². The molecule has 0 spiro atoms. The van der Waals surface area contributed by atoms with Crippen molar-refractivity contribution in [3.8, 4) is 0 Å². The molecule has 2 rings (SSSR count). The predicted molar refractivity (Wildman–Crippen MR) is 82.9 cm³/mol. The summed E-state index contributed by atoms with van der Waals surface area (Å²) in [6.45, 7) is 3.57. The fraction of sp³-hybridized carbons (Fsp3) is 0. The molecule has 21 heavy (non-hydrogen) atoms. The number of hydrogen-bond acceptors (Lipinski definition) is 3. The molecule has 0 saturated carbocycles. The lowest BCUT2D eigenvalue weighted by Gasteiger charge is -2.05. The fourth-order valence-electron chi connectivity index (χ4n) is 1.69. The Labute approximate surface area is 126 Å². The third kappa shape index (κ3) is 3.79. The molecule has 0 fully saturated rings. The van der Waals surface area contributed by atoms with Crippen molar-refractivity contribution in [3.63, 3.8) is 0 Å². The number of rotatable bonds is 5. The van der Waals surface area contributed by atoms with Gasteiger partial charge in [0.2, 0.25) is 0 Å². The highest BCUT2D eigenvalue weighted by Crippen LogP contribution is 2.36. The molecule has 0 N–H and O–H groups in total. The first-order chi connectivity index (χ1) is 10.1. The molecule has 2 aromatic carbocycles. The van der Waals surface area contributed by atoms with Crippen LogP contribution in [0.15, 0.2) is 71.0 Å². The first kappa shape index (κ1) is 15.0. The van der Waals surface area contributed by atoms with E-state index in [1.54, 1.807) is 48.6 Å². The second kappa shape index (κ2) is 6.85. The van der Waals surface area contributed by atoms with E-state index < -0.39 is 10.7 Å². The Morgan fingerprint density at radius 3 is 2.67 bits per heavy atom. The van der Waals surface area contributed by atoms with Crippen molar-refractivity contribution in [3.05, 3.63) is 82.7 Å². The number of nitro groups is 1. The Morgan fingerprint density at radius 1 is 1.19 bits per heavy atom. The highest BCUT2D eigenvalue weighted by atomic mass is 32.2. The lowest BCUT2D eigenvalue weighted by Crippen LogP contribution is -1.91. The van der Waals surface area contributed by atoms with Crippen molar-refractivity contribution in [1.82, 2.24) is 0 Å². The van der Waals surface area contributed by atoms with Gasteiger partial charge in [-0.2, -0.15) is 0 Å². The Kier molecular flexibility index (Phi) is 4.90. The monoisotopic (exact) mass is 301 g/mol. The minimum atomic E-state index is -0.471. The molecule has 5 heteroatoms. The van der Waals surface area contributed by atoms with Crippen molar-refractivity contribution < 1.29 is 9.31 Å². The normalized spacial score (nSPS) is 10.7. The van der Waals surface area contributed by atoms with E-state index in [1.807, 2.05) is 0 Å². The van der Waals surface area contributed by atoms with E-state index in [-0.39, 0.29) is 5.69 Å². The number of para-hydroxylation sites is 1. The lowest BCUT2D eigenvalue weighted by molar-refractivity contribution is -0.387. The van der Waals surface area contributed by atoms with E-state index in [2.05, 4.69) is 6.58 Å². The van der Waals surface area contributed by atoms with E-state index in [1.165, 1.54) is 12.1 Å². The van der Waals surface area contributed by atoms with Crippen LogP contribution in [-0.2, 0) is 0 Å².